The maximum absolute atomic E-state index is 14.1. The molecule has 4 aromatic rings. The van der Waals surface area contributed by atoms with E-state index in [-0.39, 0.29) is 11.9 Å². The van der Waals surface area contributed by atoms with Gasteiger partial charge in [0, 0.05) is 68.2 Å². The summed E-state index contributed by atoms with van der Waals surface area (Å²) in [5, 5.41) is 4.64. The van der Waals surface area contributed by atoms with Gasteiger partial charge in [0.2, 0.25) is 0 Å². The number of para-hydroxylation sites is 2. The van der Waals surface area contributed by atoms with Gasteiger partial charge in [-0.2, -0.15) is 0 Å². The van der Waals surface area contributed by atoms with Crippen molar-refractivity contribution in [3.05, 3.63) is 78.5 Å². The van der Waals surface area contributed by atoms with Crippen molar-refractivity contribution < 1.29 is 9.53 Å². The van der Waals surface area contributed by atoms with Gasteiger partial charge in [0.05, 0.1) is 11.4 Å². The molecule has 0 saturated carbocycles. The fourth-order valence-corrected chi connectivity index (χ4v) is 6.20. The molecule has 1 fully saturated rings. The Hall–Kier alpha value is -3.81. The van der Waals surface area contributed by atoms with E-state index in [9.17, 15) is 4.79 Å². The van der Waals surface area contributed by atoms with Gasteiger partial charge in [0.25, 0.3) is 5.91 Å². The molecular weight excluding hydrogens is 522 g/mol. The molecule has 7 heteroatoms. The number of hydrogen-bond donors (Lipinski definition) is 2. The Bertz CT molecular complexity index is 1510. The van der Waals surface area contributed by atoms with Gasteiger partial charge in [-0.1, -0.05) is 31.5 Å². The van der Waals surface area contributed by atoms with Gasteiger partial charge in [-0.15, -0.1) is 0 Å². The summed E-state index contributed by atoms with van der Waals surface area (Å²) in [5.74, 6) is 0.755. The molecule has 0 radical (unpaired) electrons. The van der Waals surface area contributed by atoms with Crippen LogP contribution in [-0.4, -0.2) is 79.2 Å². The molecule has 42 heavy (non-hydrogen) atoms. The van der Waals surface area contributed by atoms with E-state index in [1.54, 1.807) is 0 Å². The third-order valence-corrected chi connectivity index (χ3v) is 8.75. The predicted molar refractivity (Wildman–Crippen MR) is 173 cm³/mol. The molecule has 1 atom stereocenters. The number of piperazine rings is 1. The number of fused-ring (bicyclic) bond motifs is 2. The SMILES string of the molecule is CCCCN1CCN(CCOc2cc(C(=O)N3c4ccccc4NCC[C@@H]3C)ccc2-c2ccc3[nH]ccc3c2)CC1. The number of carbonyl (C=O) groups is 1. The van der Waals surface area contributed by atoms with E-state index >= 15 is 0 Å². The minimum absolute atomic E-state index is 0.000613. The van der Waals surface area contributed by atoms with Gasteiger partial charge in [-0.3, -0.25) is 9.69 Å². The second-order valence-corrected chi connectivity index (χ2v) is 11.6. The fourth-order valence-electron chi connectivity index (χ4n) is 6.20. The van der Waals surface area contributed by atoms with Gasteiger partial charge >= 0.3 is 0 Å². The highest BCUT2D eigenvalue weighted by Crippen LogP contribution is 2.36. The van der Waals surface area contributed by atoms with Gasteiger partial charge in [0.1, 0.15) is 12.4 Å². The average Bonchev–Trinajstić information content (AvgIpc) is 3.42. The summed E-state index contributed by atoms with van der Waals surface area (Å²) in [7, 11) is 0. The van der Waals surface area contributed by atoms with Crippen LogP contribution < -0.4 is 15.0 Å². The van der Waals surface area contributed by atoms with E-state index in [1.807, 2.05) is 47.5 Å². The smallest absolute Gasteiger partial charge is 0.258 e. The van der Waals surface area contributed by atoms with E-state index in [4.69, 9.17) is 4.74 Å². The van der Waals surface area contributed by atoms with Crippen LogP contribution in [0.15, 0.2) is 72.9 Å². The van der Waals surface area contributed by atoms with Crippen molar-refractivity contribution in [3.8, 4) is 16.9 Å². The summed E-state index contributed by atoms with van der Waals surface area (Å²) in [4.78, 5) is 24.4. The predicted octanol–water partition coefficient (Wildman–Crippen LogP) is 6.48. The third kappa shape index (κ3) is 6.18. The minimum atomic E-state index is -0.000613. The number of nitrogens with zero attached hydrogens (tertiary/aromatic N) is 3. The molecule has 3 aromatic carbocycles. The highest BCUT2D eigenvalue weighted by atomic mass is 16.5. The van der Waals surface area contributed by atoms with Crippen molar-refractivity contribution in [1.82, 2.24) is 14.8 Å². The van der Waals surface area contributed by atoms with Crippen LogP contribution in [0.25, 0.3) is 22.0 Å². The topological polar surface area (TPSA) is 63.8 Å². The lowest BCUT2D eigenvalue weighted by molar-refractivity contribution is 0.0977. The Labute approximate surface area is 249 Å². The van der Waals surface area contributed by atoms with Crippen LogP contribution in [0.4, 0.5) is 11.4 Å². The minimum Gasteiger partial charge on any atom is -0.492 e. The summed E-state index contributed by atoms with van der Waals surface area (Å²) in [6.07, 6.45) is 5.36. The number of rotatable bonds is 9. The quantitative estimate of drug-likeness (QED) is 0.243. The zero-order valence-corrected chi connectivity index (χ0v) is 24.9. The first-order valence-corrected chi connectivity index (χ1v) is 15.6. The molecular formula is C35H43N5O2. The second-order valence-electron chi connectivity index (χ2n) is 11.6. The molecule has 1 amide bonds. The molecule has 2 aliphatic heterocycles. The Kier molecular flexibility index (Phi) is 8.77. The summed E-state index contributed by atoms with van der Waals surface area (Å²) in [6, 6.07) is 22.6. The normalized spacial score (nSPS) is 18.0. The summed E-state index contributed by atoms with van der Waals surface area (Å²) < 4.78 is 6.53. The van der Waals surface area contributed by atoms with Crippen LogP contribution in [0.2, 0.25) is 0 Å². The second kappa shape index (κ2) is 13.0. The zero-order chi connectivity index (χ0) is 28.9. The molecule has 2 N–H and O–H groups in total. The number of H-pyrrole nitrogens is 1. The maximum atomic E-state index is 14.1. The number of nitrogens with one attached hydrogen (secondary N) is 2. The first-order chi connectivity index (χ1) is 20.6. The molecule has 0 bridgehead atoms. The van der Waals surface area contributed by atoms with Crippen LogP contribution in [-0.2, 0) is 0 Å². The average molecular weight is 566 g/mol. The van der Waals surface area contributed by atoms with Crippen molar-refractivity contribution in [1.29, 1.82) is 0 Å². The van der Waals surface area contributed by atoms with Crippen LogP contribution in [0, 0.1) is 0 Å². The molecule has 1 aromatic heterocycles. The lowest BCUT2D eigenvalue weighted by atomic mass is 10.00. The lowest BCUT2D eigenvalue weighted by Gasteiger charge is -2.34. The number of ether oxygens (including phenoxy) is 1. The number of anilines is 2. The lowest BCUT2D eigenvalue weighted by Crippen LogP contribution is -2.47. The number of carbonyl (C=O) groups excluding carboxylic acids is 1. The van der Waals surface area contributed by atoms with E-state index < -0.39 is 0 Å². The van der Waals surface area contributed by atoms with E-state index in [0.29, 0.717) is 12.2 Å². The van der Waals surface area contributed by atoms with Gasteiger partial charge < -0.3 is 24.8 Å². The maximum Gasteiger partial charge on any atom is 0.258 e. The molecule has 1 saturated heterocycles. The molecule has 6 rings (SSSR count). The first kappa shape index (κ1) is 28.3. The monoisotopic (exact) mass is 565 g/mol. The molecule has 3 heterocycles. The Morgan fingerprint density at radius 1 is 0.952 bits per heavy atom. The van der Waals surface area contributed by atoms with Crippen molar-refractivity contribution in [2.45, 2.75) is 39.2 Å². The summed E-state index contributed by atoms with van der Waals surface area (Å²) in [5.41, 5.74) is 5.76. The summed E-state index contributed by atoms with van der Waals surface area (Å²) in [6.45, 7) is 12.3. The standard InChI is InChI=1S/C35H43N5O2/c1-3-4-17-38-18-20-39(21-19-38)22-23-42-34-25-29(9-11-30(34)27-10-12-31-28(24-27)14-16-36-31)35(41)40-26(2)13-15-37-32-7-5-6-8-33(32)40/h5-12,14,16,24-26,36-37H,3-4,13,15,17-23H2,1-2H3/t26-/m0/s1. The number of unbranched alkanes of at least 4 members (excludes halogenated alkanes) is 1. The molecule has 7 nitrogen and oxygen atoms in total. The number of aromatic nitrogens is 1. The van der Waals surface area contributed by atoms with Crippen LogP contribution in [0.3, 0.4) is 0 Å². The molecule has 220 valence electrons. The Balaban J connectivity index is 1.25. The molecule has 2 aliphatic rings. The summed E-state index contributed by atoms with van der Waals surface area (Å²) >= 11 is 0. The van der Waals surface area contributed by atoms with E-state index in [0.717, 1.165) is 84.8 Å². The van der Waals surface area contributed by atoms with Gasteiger partial charge in [-0.25, -0.2) is 0 Å². The molecule has 0 unspecified atom stereocenters. The molecule has 0 spiro atoms. The van der Waals surface area contributed by atoms with Crippen molar-refractivity contribution in [3.63, 3.8) is 0 Å². The highest BCUT2D eigenvalue weighted by Gasteiger charge is 2.28. The van der Waals surface area contributed by atoms with Gasteiger partial charge in [0.15, 0.2) is 0 Å². The van der Waals surface area contributed by atoms with Crippen LogP contribution >= 0.6 is 0 Å². The number of amides is 1. The highest BCUT2D eigenvalue weighted by molar-refractivity contribution is 6.09. The van der Waals surface area contributed by atoms with E-state index in [1.165, 1.54) is 19.4 Å². The number of benzene rings is 3. The van der Waals surface area contributed by atoms with Crippen LogP contribution in [0.5, 0.6) is 5.75 Å². The van der Waals surface area contributed by atoms with Gasteiger partial charge in [-0.05, 0) is 85.8 Å². The van der Waals surface area contributed by atoms with Crippen LogP contribution in [0.1, 0.15) is 43.5 Å². The van der Waals surface area contributed by atoms with Crippen molar-refractivity contribution in [2.75, 3.05) is 62.6 Å². The number of aromatic amines is 1. The third-order valence-electron chi connectivity index (χ3n) is 8.75. The number of hydrogen-bond acceptors (Lipinski definition) is 5. The first-order valence-electron chi connectivity index (χ1n) is 15.6. The van der Waals surface area contributed by atoms with Crippen molar-refractivity contribution >= 4 is 28.2 Å². The fraction of sp³-hybridized carbons (Fsp3) is 0.400. The Morgan fingerprint density at radius 3 is 2.60 bits per heavy atom. The van der Waals surface area contributed by atoms with E-state index in [2.05, 4.69) is 64.3 Å². The molecule has 0 aliphatic carbocycles. The largest absolute Gasteiger partial charge is 0.492 e. The Morgan fingerprint density at radius 2 is 1.76 bits per heavy atom. The van der Waals surface area contributed by atoms with Crippen molar-refractivity contribution in [2.24, 2.45) is 0 Å². The zero-order valence-electron chi connectivity index (χ0n) is 24.9.